The largest absolute Gasteiger partial charge is 0.396 e. The molecule has 0 radical (unpaired) electrons. The van der Waals surface area contributed by atoms with Crippen LogP contribution in [0.15, 0.2) is 0 Å². The van der Waals surface area contributed by atoms with E-state index in [0.29, 0.717) is 11.8 Å². The Hall–Kier alpha value is -0.940. The molecule has 1 unspecified atom stereocenters. The third-order valence-corrected chi connectivity index (χ3v) is 4.04. The summed E-state index contributed by atoms with van der Waals surface area (Å²) < 4.78 is 2.26. The van der Waals surface area contributed by atoms with Gasteiger partial charge in [0.25, 0.3) is 0 Å². The van der Waals surface area contributed by atoms with Crippen molar-refractivity contribution in [3.05, 3.63) is 11.6 Å². The fourth-order valence-electron chi connectivity index (χ4n) is 2.95. The van der Waals surface area contributed by atoms with Crippen molar-refractivity contribution in [3.63, 3.8) is 0 Å². The molecule has 5 nitrogen and oxygen atoms in total. The van der Waals surface area contributed by atoms with E-state index < -0.39 is 0 Å². The SMILES string of the molecule is OCC1CCc2nnc(C3CCNCC3)n2C1. The van der Waals surface area contributed by atoms with Crippen LogP contribution in [-0.4, -0.2) is 39.6 Å². The molecular formula is C12H20N4O. The first-order chi connectivity index (χ1) is 8.38. The zero-order valence-corrected chi connectivity index (χ0v) is 10.1. The van der Waals surface area contributed by atoms with Crippen LogP contribution in [0.2, 0.25) is 0 Å². The van der Waals surface area contributed by atoms with E-state index in [1.807, 2.05) is 0 Å². The molecule has 1 fully saturated rings. The molecule has 1 aromatic rings. The summed E-state index contributed by atoms with van der Waals surface area (Å²) in [5.74, 6) is 3.21. The first-order valence-electron chi connectivity index (χ1n) is 6.62. The Balaban J connectivity index is 1.83. The Labute approximate surface area is 101 Å². The van der Waals surface area contributed by atoms with Crippen molar-refractivity contribution in [2.75, 3.05) is 19.7 Å². The number of nitrogens with one attached hydrogen (secondary N) is 1. The lowest BCUT2D eigenvalue weighted by Gasteiger charge is -2.26. The lowest BCUT2D eigenvalue weighted by atomic mass is 9.95. The normalized spacial score (nSPS) is 25.8. The van der Waals surface area contributed by atoms with Gasteiger partial charge >= 0.3 is 0 Å². The molecule has 2 aliphatic rings. The molecular weight excluding hydrogens is 216 g/mol. The Morgan fingerprint density at radius 1 is 1.24 bits per heavy atom. The van der Waals surface area contributed by atoms with Crippen molar-refractivity contribution < 1.29 is 5.11 Å². The van der Waals surface area contributed by atoms with Gasteiger partial charge in [0.1, 0.15) is 11.6 Å². The minimum atomic E-state index is 0.281. The number of hydrogen-bond donors (Lipinski definition) is 2. The molecule has 2 aliphatic heterocycles. The minimum Gasteiger partial charge on any atom is -0.396 e. The highest BCUT2D eigenvalue weighted by molar-refractivity contribution is 5.06. The third-order valence-electron chi connectivity index (χ3n) is 4.04. The summed E-state index contributed by atoms with van der Waals surface area (Å²) >= 11 is 0. The second kappa shape index (κ2) is 4.74. The topological polar surface area (TPSA) is 63.0 Å². The van der Waals surface area contributed by atoms with Gasteiger partial charge in [-0.2, -0.15) is 0 Å². The van der Waals surface area contributed by atoms with E-state index in [1.54, 1.807) is 0 Å². The van der Waals surface area contributed by atoms with E-state index >= 15 is 0 Å². The Kier molecular flexibility index (Phi) is 3.11. The maximum absolute atomic E-state index is 9.29. The summed E-state index contributed by atoms with van der Waals surface area (Å²) in [5, 5.41) is 21.4. The lowest BCUT2D eigenvalue weighted by Crippen LogP contribution is -2.30. The molecule has 1 saturated heterocycles. The van der Waals surface area contributed by atoms with Crippen molar-refractivity contribution in [2.45, 2.75) is 38.1 Å². The molecule has 0 amide bonds. The van der Waals surface area contributed by atoms with Crippen LogP contribution >= 0.6 is 0 Å². The van der Waals surface area contributed by atoms with Crippen LogP contribution in [0.3, 0.4) is 0 Å². The number of aliphatic hydroxyl groups excluding tert-OH is 1. The van der Waals surface area contributed by atoms with Crippen molar-refractivity contribution in [1.29, 1.82) is 0 Å². The van der Waals surface area contributed by atoms with E-state index in [4.69, 9.17) is 0 Å². The van der Waals surface area contributed by atoms with Crippen LogP contribution in [0.5, 0.6) is 0 Å². The highest BCUT2D eigenvalue weighted by Crippen LogP contribution is 2.28. The number of nitrogens with zero attached hydrogens (tertiary/aromatic N) is 3. The van der Waals surface area contributed by atoms with Gasteiger partial charge in [-0.05, 0) is 32.4 Å². The second-order valence-corrected chi connectivity index (χ2v) is 5.20. The fourth-order valence-corrected chi connectivity index (χ4v) is 2.95. The van der Waals surface area contributed by atoms with Crippen LogP contribution in [-0.2, 0) is 13.0 Å². The molecule has 0 aliphatic carbocycles. The van der Waals surface area contributed by atoms with Gasteiger partial charge in [0.05, 0.1) is 0 Å². The molecule has 1 atom stereocenters. The fraction of sp³-hybridized carbons (Fsp3) is 0.833. The molecule has 0 bridgehead atoms. The van der Waals surface area contributed by atoms with Crippen LogP contribution < -0.4 is 5.32 Å². The maximum atomic E-state index is 9.29. The van der Waals surface area contributed by atoms with E-state index in [2.05, 4.69) is 20.1 Å². The van der Waals surface area contributed by atoms with Crippen LogP contribution in [0, 0.1) is 5.92 Å². The quantitative estimate of drug-likeness (QED) is 0.775. The number of aryl methyl sites for hydroxylation is 1. The molecule has 1 aromatic heterocycles. The van der Waals surface area contributed by atoms with Gasteiger partial charge in [0.15, 0.2) is 0 Å². The van der Waals surface area contributed by atoms with Gasteiger partial charge in [0, 0.05) is 31.4 Å². The zero-order chi connectivity index (χ0) is 11.7. The monoisotopic (exact) mass is 236 g/mol. The van der Waals surface area contributed by atoms with Crippen molar-refractivity contribution in [2.24, 2.45) is 5.92 Å². The molecule has 94 valence electrons. The first-order valence-corrected chi connectivity index (χ1v) is 6.62. The van der Waals surface area contributed by atoms with Gasteiger partial charge in [0.2, 0.25) is 0 Å². The predicted octanol–water partition coefficient (Wildman–Crippen LogP) is 0.300. The third kappa shape index (κ3) is 2.09. The minimum absolute atomic E-state index is 0.281. The molecule has 3 rings (SSSR count). The number of aliphatic hydroxyl groups is 1. The van der Waals surface area contributed by atoms with Crippen LogP contribution in [0.1, 0.15) is 36.8 Å². The Bertz CT molecular complexity index is 384. The van der Waals surface area contributed by atoms with Gasteiger partial charge in [-0.15, -0.1) is 10.2 Å². The smallest absolute Gasteiger partial charge is 0.136 e. The van der Waals surface area contributed by atoms with Gasteiger partial charge < -0.3 is 15.0 Å². The Morgan fingerprint density at radius 2 is 2.06 bits per heavy atom. The molecule has 0 spiro atoms. The number of piperidine rings is 1. The van der Waals surface area contributed by atoms with E-state index in [0.717, 1.165) is 57.0 Å². The highest BCUT2D eigenvalue weighted by Gasteiger charge is 2.27. The van der Waals surface area contributed by atoms with Crippen molar-refractivity contribution in [3.8, 4) is 0 Å². The molecule has 0 saturated carbocycles. The lowest BCUT2D eigenvalue weighted by molar-refractivity contribution is 0.188. The number of aromatic nitrogens is 3. The maximum Gasteiger partial charge on any atom is 0.136 e. The van der Waals surface area contributed by atoms with Crippen molar-refractivity contribution in [1.82, 2.24) is 20.1 Å². The molecule has 0 aromatic carbocycles. The number of hydrogen-bond acceptors (Lipinski definition) is 4. The first kappa shape index (κ1) is 11.2. The number of fused-ring (bicyclic) bond motifs is 1. The van der Waals surface area contributed by atoms with Crippen LogP contribution in [0.25, 0.3) is 0 Å². The summed E-state index contributed by atoms with van der Waals surface area (Å²) in [6, 6.07) is 0. The Morgan fingerprint density at radius 3 is 2.82 bits per heavy atom. The number of rotatable bonds is 2. The van der Waals surface area contributed by atoms with Gasteiger partial charge in [-0.1, -0.05) is 0 Å². The van der Waals surface area contributed by atoms with E-state index in [9.17, 15) is 5.11 Å². The molecule has 2 N–H and O–H groups in total. The van der Waals surface area contributed by atoms with E-state index in [-0.39, 0.29) is 6.61 Å². The summed E-state index contributed by atoms with van der Waals surface area (Å²) in [5.41, 5.74) is 0. The predicted molar refractivity (Wildman–Crippen MR) is 63.8 cm³/mol. The summed E-state index contributed by atoms with van der Waals surface area (Å²) in [7, 11) is 0. The average molecular weight is 236 g/mol. The molecule has 3 heterocycles. The van der Waals surface area contributed by atoms with E-state index in [1.165, 1.54) is 0 Å². The van der Waals surface area contributed by atoms with Gasteiger partial charge in [-0.3, -0.25) is 0 Å². The standard InChI is InChI=1S/C12H20N4O/c17-8-9-1-2-11-14-15-12(16(11)7-9)10-3-5-13-6-4-10/h9-10,13,17H,1-8H2. The summed E-state index contributed by atoms with van der Waals surface area (Å²) in [4.78, 5) is 0. The molecule has 5 heteroatoms. The zero-order valence-electron chi connectivity index (χ0n) is 10.1. The highest BCUT2D eigenvalue weighted by atomic mass is 16.3. The summed E-state index contributed by atoms with van der Waals surface area (Å²) in [6.45, 7) is 3.34. The second-order valence-electron chi connectivity index (χ2n) is 5.20. The van der Waals surface area contributed by atoms with Crippen molar-refractivity contribution >= 4 is 0 Å². The summed E-state index contributed by atoms with van der Waals surface area (Å²) in [6.07, 6.45) is 4.31. The molecule has 17 heavy (non-hydrogen) atoms. The average Bonchev–Trinajstić information content (AvgIpc) is 2.82. The van der Waals surface area contributed by atoms with Crippen LogP contribution in [0.4, 0.5) is 0 Å². The van der Waals surface area contributed by atoms with Gasteiger partial charge in [-0.25, -0.2) is 0 Å².